The highest BCUT2D eigenvalue weighted by Gasteiger charge is 2.28. The van der Waals surface area contributed by atoms with Crippen LogP contribution in [0.4, 0.5) is 5.69 Å². The maximum Gasteiger partial charge on any atom is 0.255 e. The molecule has 2 aromatic rings. The molecule has 0 bridgehead atoms. The number of rotatable bonds is 7. The van der Waals surface area contributed by atoms with E-state index >= 15 is 0 Å². The third-order valence-electron chi connectivity index (χ3n) is 4.79. The zero-order valence-electron chi connectivity index (χ0n) is 15.5. The average molecular weight is 367 g/mol. The third-order valence-corrected chi connectivity index (χ3v) is 4.79. The Labute approximate surface area is 159 Å². The van der Waals surface area contributed by atoms with Gasteiger partial charge in [0.1, 0.15) is 0 Å². The molecule has 2 aromatic carbocycles. The van der Waals surface area contributed by atoms with Crippen LogP contribution in [0.2, 0.25) is 0 Å². The lowest BCUT2D eigenvalue weighted by Gasteiger charge is -2.22. The lowest BCUT2D eigenvalue weighted by atomic mass is 10.1. The number of ether oxygens (including phenoxy) is 1. The number of hydrogen-bond acceptors (Lipinski definition) is 4. The molecule has 0 saturated carbocycles. The summed E-state index contributed by atoms with van der Waals surface area (Å²) >= 11 is 0. The van der Waals surface area contributed by atoms with Crippen molar-refractivity contribution >= 4 is 17.5 Å². The van der Waals surface area contributed by atoms with Gasteiger partial charge in [-0.3, -0.25) is 14.5 Å². The van der Waals surface area contributed by atoms with Gasteiger partial charge in [0.05, 0.1) is 12.6 Å². The smallest absolute Gasteiger partial charge is 0.255 e. The monoisotopic (exact) mass is 367 g/mol. The fourth-order valence-electron chi connectivity index (χ4n) is 3.44. The number of nitrogens with zero attached hydrogens (tertiary/aromatic N) is 1. The standard InChI is InChI=1S/C21H25N3O3/c1-27-14-15-7-9-17(10-8-15)21(26)23-18-5-2-4-16(12-18)13-24-11-3-6-19(24)20(22)25/h2,4-5,7-10,12,19H,3,6,11,13-14H2,1H3,(H2,22,25)(H,23,26). The highest BCUT2D eigenvalue weighted by atomic mass is 16.5. The molecule has 1 aliphatic rings. The zero-order chi connectivity index (χ0) is 19.2. The van der Waals surface area contributed by atoms with E-state index in [1.54, 1.807) is 19.2 Å². The highest BCUT2D eigenvalue weighted by molar-refractivity contribution is 6.04. The van der Waals surface area contributed by atoms with Gasteiger partial charge in [-0.25, -0.2) is 0 Å². The Morgan fingerprint density at radius 2 is 1.96 bits per heavy atom. The molecule has 3 rings (SSSR count). The number of anilines is 1. The van der Waals surface area contributed by atoms with Crippen LogP contribution in [-0.4, -0.2) is 36.4 Å². The van der Waals surface area contributed by atoms with Crippen molar-refractivity contribution in [2.75, 3.05) is 19.0 Å². The van der Waals surface area contributed by atoms with E-state index in [9.17, 15) is 9.59 Å². The summed E-state index contributed by atoms with van der Waals surface area (Å²) in [5, 5.41) is 2.93. The van der Waals surface area contributed by atoms with Crippen LogP contribution >= 0.6 is 0 Å². The van der Waals surface area contributed by atoms with Crippen molar-refractivity contribution in [3.05, 3.63) is 65.2 Å². The summed E-state index contributed by atoms with van der Waals surface area (Å²) in [6.45, 7) is 2.02. The molecule has 6 nitrogen and oxygen atoms in total. The molecule has 2 amide bonds. The molecule has 1 heterocycles. The van der Waals surface area contributed by atoms with Crippen molar-refractivity contribution in [3.8, 4) is 0 Å². The van der Waals surface area contributed by atoms with Crippen molar-refractivity contribution in [1.82, 2.24) is 4.90 Å². The number of primary amides is 1. The first-order chi connectivity index (χ1) is 13.1. The third kappa shape index (κ3) is 4.93. The average Bonchev–Trinajstić information content (AvgIpc) is 3.11. The number of amides is 2. The molecule has 1 unspecified atom stereocenters. The minimum absolute atomic E-state index is 0.160. The van der Waals surface area contributed by atoms with Crippen LogP contribution in [0.15, 0.2) is 48.5 Å². The van der Waals surface area contributed by atoms with E-state index in [1.165, 1.54) is 0 Å². The molecule has 6 heteroatoms. The van der Waals surface area contributed by atoms with Gasteiger partial charge in [-0.1, -0.05) is 24.3 Å². The second-order valence-electron chi connectivity index (χ2n) is 6.82. The van der Waals surface area contributed by atoms with Gasteiger partial charge in [0.25, 0.3) is 5.91 Å². The van der Waals surface area contributed by atoms with Gasteiger partial charge in [0, 0.05) is 24.9 Å². The maximum absolute atomic E-state index is 12.5. The van der Waals surface area contributed by atoms with Gasteiger partial charge in [0.2, 0.25) is 5.91 Å². The first-order valence-electron chi connectivity index (χ1n) is 9.08. The molecule has 0 aromatic heterocycles. The van der Waals surface area contributed by atoms with Crippen molar-refractivity contribution < 1.29 is 14.3 Å². The number of benzene rings is 2. The van der Waals surface area contributed by atoms with E-state index in [2.05, 4.69) is 10.2 Å². The van der Waals surface area contributed by atoms with Crippen molar-refractivity contribution in [1.29, 1.82) is 0 Å². The molecular formula is C21H25N3O3. The Bertz CT molecular complexity index is 805. The summed E-state index contributed by atoms with van der Waals surface area (Å²) in [7, 11) is 1.64. The van der Waals surface area contributed by atoms with E-state index in [0.29, 0.717) is 18.7 Å². The summed E-state index contributed by atoms with van der Waals surface area (Å²) in [6, 6.07) is 14.8. The number of carbonyl (C=O) groups excluding carboxylic acids is 2. The molecule has 142 valence electrons. The normalized spacial score (nSPS) is 17.0. The first-order valence-corrected chi connectivity index (χ1v) is 9.08. The Balaban J connectivity index is 1.65. The number of carbonyl (C=O) groups is 2. The van der Waals surface area contributed by atoms with Crippen LogP contribution in [0.3, 0.4) is 0 Å². The fourth-order valence-corrected chi connectivity index (χ4v) is 3.44. The van der Waals surface area contributed by atoms with E-state index in [1.807, 2.05) is 36.4 Å². The minimum atomic E-state index is -0.270. The quantitative estimate of drug-likeness (QED) is 0.788. The topological polar surface area (TPSA) is 84.7 Å². The lowest BCUT2D eigenvalue weighted by Crippen LogP contribution is -2.39. The summed E-state index contributed by atoms with van der Waals surface area (Å²) in [5.41, 5.74) is 8.86. The Hall–Kier alpha value is -2.70. The Kier molecular flexibility index (Phi) is 6.21. The number of methoxy groups -OCH3 is 1. The van der Waals surface area contributed by atoms with E-state index in [4.69, 9.17) is 10.5 Å². The van der Waals surface area contributed by atoms with Crippen molar-refractivity contribution in [2.24, 2.45) is 5.73 Å². The van der Waals surface area contributed by atoms with Crippen molar-refractivity contribution in [2.45, 2.75) is 32.0 Å². The lowest BCUT2D eigenvalue weighted by molar-refractivity contribution is -0.122. The van der Waals surface area contributed by atoms with Crippen molar-refractivity contribution in [3.63, 3.8) is 0 Å². The van der Waals surface area contributed by atoms with Gasteiger partial charge in [0.15, 0.2) is 0 Å². The number of likely N-dealkylation sites (tertiary alicyclic amines) is 1. The summed E-state index contributed by atoms with van der Waals surface area (Å²) in [5.74, 6) is -0.429. The van der Waals surface area contributed by atoms with E-state index in [-0.39, 0.29) is 17.9 Å². The molecular weight excluding hydrogens is 342 g/mol. The molecule has 0 aliphatic carbocycles. The van der Waals surface area contributed by atoms with E-state index < -0.39 is 0 Å². The molecule has 1 atom stereocenters. The predicted octanol–water partition coefficient (Wildman–Crippen LogP) is 2.54. The second kappa shape index (κ2) is 8.79. The molecule has 27 heavy (non-hydrogen) atoms. The highest BCUT2D eigenvalue weighted by Crippen LogP contribution is 2.21. The molecule has 1 aliphatic heterocycles. The van der Waals surface area contributed by atoms with E-state index in [0.717, 1.165) is 36.2 Å². The van der Waals surface area contributed by atoms with Crippen LogP contribution in [0.1, 0.15) is 34.3 Å². The van der Waals surface area contributed by atoms with Crippen LogP contribution in [0.5, 0.6) is 0 Å². The van der Waals surface area contributed by atoms with Crippen LogP contribution in [-0.2, 0) is 22.7 Å². The predicted molar refractivity (Wildman–Crippen MR) is 104 cm³/mol. The molecule has 0 radical (unpaired) electrons. The zero-order valence-corrected chi connectivity index (χ0v) is 15.5. The number of hydrogen-bond donors (Lipinski definition) is 2. The van der Waals surface area contributed by atoms with Crippen LogP contribution in [0.25, 0.3) is 0 Å². The molecule has 1 fully saturated rings. The fraction of sp³-hybridized carbons (Fsp3) is 0.333. The molecule has 0 spiro atoms. The van der Waals surface area contributed by atoms with Crippen LogP contribution in [0, 0.1) is 0 Å². The number of nitrogens with one attached hydrogen (secondary N) is 1. The van der Waals surface area contributed by atoms with Gasteiger partial charge in [-0.2, -0.15) is 0 Å². The van der Waals surface area contributed by atoms with Gasteiger partial charge < -0.3 is 15.8 Å². The maximum atomic E-state index is 12.5. The molecule has 3 N–H and O–H groups in total. The Morgan fingerprint density at radius 3 is 2.67 bits per heavy atom. The SMILES string of the molecule is COCc1ccc(C(=O)Nc2cccc(CN3CCCC3C(N)=O)c2)cc1. The second-order valence-corrected chi connectivity index (χ2v) is 6.82. The first kappa shape index (κ1) is 19.1. The summed E-state index contributed by atoms with van der Waals surface area (Å²) in [4.78, 5) is 26.1. The largest absolute Gasteiger partial charge is 0.380 e. The van der Waals surface area contributed by atoms with Gasteiger partial charge in [-0.05, 0) is 54.8 Å². The summed E-state index contributed by atoms with van der Waals surface area (Å²) < 4.78 is 5.08. The minimum Gasteiger partial charge on any atom is -0.380 e. The van der Waals surface area contributed by atoms with Gasteiger partial charge in [-0.15, -0.1) is 0 Å². The Morgan fingerprint density at radius 1 is 1.19 bits per heavy atom. The molecule has 1 saturated heterocycles. The number of nitrogens with two attached hydrogens (primary N) is 1. The van der Waals surface area contributed by atoms with Crippen LogP contribution < -0.4 is 11.1 Å². The van der Waals surface area contributed by atoms with Gasteiger partial charge >= 0.3 is 0 Å². The summed E-state index contributed by atoms with van der Waals surface area (Å²) in [6.07, 6.45) is 1.79.